The molecule has 1 heterocycles. The molecule has 0 aliphatic carbocycles. The van der Waals surface area contributed by atoms with Gasteiger partial charge in [-0.25, -0.2) is 4.79 Å². The minimum Gasteiger partial charge on any atom is -0.379 e. The second kappa shape index (κ2) is 6.37. The van der Waals surface area contributed by atoms with Crippen LogP contribution in [0, 0.1) is 0 Å². The maximum absolute atomic E-state index is 12.7. The summed E-state index contributed by atoms with van der Waals surface area (Å²) in [6, 6.07) is 6.91. The third kappa shape index (κ3) is 3.67. The average molecular weight is 334 g/mol. The third-order valence-corrected chi connectivity index (χ3v) is 4.41. The van der Waals surface area contributed by atoms with Crippen molar-refractivity contribution in [1.82, 2.24) is 10.2 Å². The van der Waals surface area contributed by atoms with Crippen LogP contribution in [-0.2, 0) is 6.54 Å². The number of benzene rings is 1. The number of carbonyl (C=O) groups is 1. The molecule has 4 nitrogen and oxygen atoms in total. The zero-order valence-electron chi connectivity index (χ0n) is 12.0. The van der Waals surface area contributed by atoms with Crippen LogP contribution in [0.3, 0.4) is 0 Å². The van der Waals surface area contributed by atoms with E-state index in [0.29, 0.717) is 0 Å². The number of β-amino-alcohol motifs (C(OH)–C–C–N with tert-alkyl or cyclic N) is 1. The van der Waals surface area contributed by atoms with Gasteiger partial charge in [0, 0.05) is 24.4 Å². The fraction of sp³-hybridized carbons (Fsp3) is 0.500. The first-order valence-electron chi connectivity index (χ1n) is 6.70. The lowest BCUT2D eigenvalue weighted by Crippen LogP contribution is -2.49. The summed E-state index contributed by atoms with van der Waals surface area (Å²) in [7, 11) is 0. The molecular formula is C14H17F3N2O2S. The molecule has 1 fully saturated rings. The molecule has 0 aromatic heterocycles. The van der Waals surface area contributed by atoms with Crippen LogP contribution in [0.1, 0.15) is 12.0 Å². The summed E-state index contributed by atoms with van der Waals surface area (Å²) in [4.78, 5) is 14.0. The SMILES string of the molecule is CSc1ccc(CNC(=O)N2CC[C@@](O)(C(F)(F)F)C2)cc1. The van der Waals surface area contributed by atoms with Crippen molar-refractivity contribution in [2.75, 3.05) is 19.3 Å². The summed E-state index contributed by atoms with van der Waals surface area (Å²) in [6.45, 7) is -0.616. The number of likely N-dealkylation sites (tertiary alicyclic amines) is 1. The van der Waals surface area contributed by atoms with E-state index < -0.39 is 30.8 Å². The molecular weight excluding hydrogens is 317 g/mol. The highest BCUT2D eigenvalue weighted by Gasteiger charge is 2.57. The third-order valence-electron chi connectivity index (χ3n) is 3.67. The van der Waals surface area contributed by atoms with E-state index in [-0.39, 0.29) is 13.1 Å². The first kappa shape index (κ1) is 17.0. The molecule has 0 bridgehead atoms. The van der Waals surface area contributed by atoms with E-state index in [1.165, 1.54) is 0 Å². The topological polar surface area (TPSA) is 52.6 Å². The number of nitrogens with zero attached hydrogens (tertiary/aromatic N) is 1. The number of rotatable bonds is 3. The number of urea groups is 1. The van der Waals surface area contributed by atoms with E-state index in [1.54, 1.807) is 11.8 Å². The van der Waals surface area contributed by atoms with E-state index in [0.717, 1.165) is 15.4 Å². The summed E-state index contributed by atoms with van der Waals surface area (Å²) < 4.78 is 38.1. The second-order valence-corrected chi connectivity index (χ2v) is 6.09. The Balaban J connectivity index is 1.88. The fourth-order valence-electron chi connectivity index (χ4n) is 2.23. The summed E-state index contributed by atoms with van der Waals surface area (Å²) in [5, 5.41) is 12.1. The van der Waals surface area contributed by atoms with Crippen LogP contribution in [-0.4, -0.2) is 47.2 Å². The van der Waals surface area contributed by atoms with Gasteiger partial charge in [0.2, 0.25) is 0 Å². The minimum atomic E-state index is -4.73. The molecule has 22 heavy (non-hydrogen) atoms. The summed E-state index contributed by atoms with van der Waals surface area (Å²) in [6.07, 6.45) is -3.27. The molecule has 1 aliphatic heterocycles. The van der Waals surface area contributed by atoms with E-state index in [9.17, 15) is 23.1 Å². The molecule has 1 aliphatic rings. The maximum Gasteiger partial charge on any atom is 0.419 e. The number of carbonyl (C=O) groups excluding carboxylic acids is 1. The molecule has 0 unspecified atom stereocenters. The minimum absolute atomic E-state index is 0.118. The maximum atomic E-state index is 12.7. The summed E-state index contributed by atoms with van der Waals surface area (Å²) in [5.41, 5.74) is -1.94. The zero-order valence-corrected chi connectivity index (χ0v) is 12.8. The van der Waals surface area contributed by atoms with Crippen LogP contribution < -0.4 is 5.32 Å². The largest absolute Gasteiger partial charge is 0.419 e. The van der Waals surface area contributed by atoms with Crippen molar-refractivity contribution < 1.29 is 23.1 Å². The van der Waals surface area contributed by atoms with Gasteiger partial charge >= 0.3 is 12.2 Å². The number of hydrogen-bond acceptors (Lipinski definition) is 3. The van der Waals surface area contributed by atoms with Gasteiger partial charge in [-0.15, -0.1) is 11.8 Å². The monoisotopic (exact) mass is 334 g/mol. The average Bonchev–Trinajstić information content (AvgIpc) is 2.89. The molecule has 0 spiro atoms. The van der Waals surface area contributed by atoms with Gasteiger partial charge in [-0.3, -0.25) is 0 Å². The molecule has 122 valence electrons. The van der Waals surface area contributed by atoms with Gasteiger partial charge in [0.25, 0.3) is 0 Å². The Morgan fingerprint density at radius 3 is 2.55 bits per heavy atom. The fourth-order valence-corrected chi connectivity index (χ4v) is 2.64. The van der Waals surface area contributed by atoms with Crippen LogP contribution in [0.25, 0.3) is 0 Å². The Hall–Kier alpha value is -1.41. The smallest absolute Gasteiger partial charge is 0.379 e. The van der Waals surface area contributed by atoms with Crippen molar-refractivity contribution >= 4 is 17.8 Å². The number of nitrogens with one attached hydrogen (secondary N) is 1. The molecule has 2 N–H and O–H groups in total. The summed E-state index contributed by atoms with van der Waals surface area (Å²) >= 11 is 1.59. The van der Waals surface area contributed by atoms with Gasteiger partial charge in [-0.2, -0.15) is 13.2 Å². The Morgan fingerprint density at radius 1 is 1.41 bits per heavy atom. The number of amides is 2. The molecule has 8 heteroatoms. The number of alkyl halides is 3. The highest BCUT2D eigenvalue weighted by molar-refractivity contribution is 7.98. The highest BCUT2D eigenvalue weighted by Crippen LogP contribution is 2.37. The van der Waals surface area contributed by atoms with Crippen molar-refractivity contribution in [3.05, 3.63) is 29.8 Å². The van der Waals surface area contributed by atoms with Crippen LogP contribution in [0.5, 0.6) is 0 Å². The second-order valence-electron chi connectivity index (χ2n) is 5.21. The van der Waals surface area contributed by atoms with Crippen molar-refractivity contribution in [3.63, 3.8) is 0 Å². The first-order valence-corrected chi connectivity index (χ1v) is 7.92. The Bertz CT molecular complexity index is 536. The Kier molecular flexibility index (Phi) is 4.91. The number of thioether (sulfide) groups is 1. The number of hydrogen-bond donors (Lipinski definition) is 2. The predicted octanol–water partition coefficient (Wildman–Crippen LogP) is 2.62. The van der Waals surface area contributed by atoms with Gasteiger partial charge in [-0.1, -0.05) is 12.1 Å². The zero-order chi connectivity index (χ0) is 16.4. The van der Waals surface area contributed by atoms with Gasteiger partial charge < -0.3 is 15.3 Å². The van der Waals surface area contributed by atoms with Crippen molar-refractivity contribution in [3.8, 4) is 0 Å². The molecule has 1 atom stereocenters. The van der Waals surface area contributed by atoms with Gasteiger partial charge in [-0.05, 0) is 24.0 Å². The van der Waals surface area contributed by atoms with Crippen molar-refractivity contribution in [2.45, 2.75) is 29.6 Å². The molecule has 1 aromatic carbocycles. The summed E-state index contributed by atoms with van der Waals surface area (Å²) in [5.74, 6) is 0. The molecule has 1 saturated heterocycles. The van der Waals surface area contributed by atoms with Crippen LogP contribution in [0.4, 0.5) is 18.0 Å². The van der Waals surface area contributed by atoms with Gasteiger partial charge in [0.1, 0.15) is 0 Å². The predicted molar refractivity (Wildman–Crippen MR) is 77.7 cm³/mol. The van der Waals surface area contributed by atoms with Crippen molar-refractivity contribution in [1.29, 1.82) is 0 Å². The molecule has 2 amide bonds. The molecule has 1 aromatic rings. The van der Waals surface area contributed by atoms with E-state index in [2.05, 4.69) is 5.32 Å². The Labute approximate surface area is 130 Å². The van der Waals surface area contributed by atoms with E-state index in [4.69, 9.17) is 0 Å². The van der Waals surface area contributed by atoms with E-state index >= 15 is 0 Å². The lowest BCUT2D eigenvalue weighted by Gasteiger charge is -2.26. The molecule has 0 radical (unpaired) electrons. The Morgan fingerprint density at radius 2 is 2.05 bits per heavy atom. The van der Waals surface area contributed by atoms with Crippen LogP contribution >= 0.6 is 11.8 Å². The van der Waals surface area contributed by atoms with Gasteiger partial charge in [0.05, 0.1) is 6.54 Å². The quantitative estimate of drug-likeness (QED) is 0.836. The lowest BCUT2D eigenvalue weighted by atomic mass is 10.0. The molecule has 2 rings (SSSR count). The number of halogens is 3. The van der Waals surface area contributed by atoms with Crippen molar-refractivity contribution in [2.24, 2.45) is 0 Å². The lowest BCUT2D eigenvalue weighted by molar-refractivity contribution is -0.253. The van der Waals surface area contributed by atoms with E-state index in [1.807, 2.05) is 30.5 Å². The first-order chi connectivity index (χ1) is 10.2. The highest BCUT2D eigenvalue weighted by atomic mass is 32.2. The van der Waals surface area contributed by atoms with Gasteiger partial charge in [0.15, 0.2) is 5.60 Å². The molecule has 0 saturated carbocycles. The number of aliphatic hydroxyl groups is 1. The standard InChI is InChI=1S/C14H17F3N2O2S/c1-22-11-4-2-10(3-5-11)8-18-12(20)19-7-6-13(21,9-19)14(15,16)17/h2-5,21H,6-9H2,1H3,(H,18,20)/t13-/m0/s1. The normalized spacial score (nSPS) is 22.0. The van der Waals surface area contributed by atoms with Crippen LogP contribution in [0.2, 0.25) is 0 Å². The van der Waals surface area contributed by atoms with Crippen LogP contribution in [0.15, 0.2) is 29.2 Å².